The number of halogens is 2. The van der Waals surface area contributed by atoms with Gasteiger partial charge in [0.15, 0.2) is 0 Å². The largest absolute Gasteiger partial charge is 0.379 e. The second kappa shape index (κ2) is 8.81. The van der Waals surface area contributed by atoms with Crippen molar-refractivity contribution in [3.8, 4) is 11.1 Å². The van der Waals surface area contributed by atoms with Crippen LogP contribution in [0, 0.1) is 5.41 Å². The molecule has 0 radical (unpaired) electrons. The van der Waals surface area contributed by atoms with Crippen LogP contribution in [0.5, 0.6) is 0 Å². The van der Waals surface area contributed by atoms with Crippen LogP contribution in [0.2, 0.25) is 5.02 Å². The van der Waals surface area contributed by atoms with E-state index in [0.717, 1.165) is 61.1 Å². The molecule has 35 heavy (non-hydrogen) atoms. The molecule has 1 spiro atoms. The number of ether oxygens (including phenoxy) is 1. The molecule has 0 aliphatic carbocycles. The van der Waals surface area contributed by atoms with Gasteiger partial charge in [0.2, 0.25) is 5.95 Å². The number of hydrogen-bond donors (Lipinski definition) is 2. The summed E-state index contributed by atoms with van der Waals surface area (Å²) in [6.45, 7) is 5.72. The highest BCUT2D eigenvalue weighted by Crippen LogP contribution is 2.40. The lowest BCUT2D eigenvalue weighted by molar-refractivity contribution is 0.131. The van der Waals surface area contributed by atoms with Gasteiger partial charge in [-0.3, -0.25) is 14.0 Å². The molecule has 0 amide bonds. The molecule has 186 valence electrons. The molecule has 6 rings (SSSR count). The van der Waals surface area contributed by atoms with Gasteiger partial charge in [0.25, 0.3) is 5.56 Å². The first kappa shape index (κ1) is 24.1. The van der Waals surface area contributed by atoms with Crippen molar-refractivity contribution in [3.05, 3.63) is 39.9 Å². The smallest absolute Gasteiger partial charge is 0.264 e. The predicted octanol–water partition coefficient (Wildman–Crippen LogP) is 3.32. The summed E-state index contributed by atoms with van der Waals surface area (Å²) in [5.41, 5.74) is 9.06. The molecule has 0 unspecified atom stereocenters. The number of benzene rings is 1. The van der Waals surface area contributed by atoms with Crippen molar-refractivity contribution >= 4 is 51.9 Å². The third-order valence-corrected chi connectivity index (χ3v) is 8.07. The van der Waals surface area contributed by atoms with Gasteiger partial charge in [-0.25, -0.2) is 0 Å². The second-order valence-electron chi connectivity index (χ2n) is 9.52. The maximum Gasteiger partial charge on any atom is 0.264 e. The Bertz CT molecular complexity index is 1470. The molecule has 0 saturated carbocycles. The molecule has 9 nitrogen and oxygen atoms in total. The number of nitrogens with one attached hydrogen (secondary N) is 1. The van der Waals surface area contributed by atoms with Gasteiger partial charge in [-0.1, -0.05) is 23.7 Å². The van der Waals surface area contributed by atoms with Gasteiger partial charge in [0.1, 0.15) is 11.2 Å². The molecule has 2 fully saturated rings. The summed E-state index contributed by atoms with van der Waals surface area (Å²) >= 11 is 6.77. The summed E-state index contributed by atoms with van der Waals surface area (Å²) in [5, 5.41) is 6.62. The van der Waals surface area contributed by atoms with E-state index in [1.165, 1.54) is 0 Å². The lowest BCUT2D eigenvalue weighted by atomic mass is 9.75. The summed E-state index contributed by atoms with van der Waals surface area (Å²) < 4.78 is 9.14. The number of fused-ring (bicyclic) bond motifs is 2. The number of aryl methyl sites for hydroxylation is 1. The van der Waals surface area contributed by atoms with Crippen LogP contribution in [0.25, 0.3) is 33.1 Å². The third-order valence-electron chi connectivity index (χ3n) is 7.68. The molecule has 2 aliphatic rings. The molecule has 3 N–H and O–H groups in total. The van der Waals surface area contributed by atoms with Crippen LogP contribution in [-0.2, 0) is 18.3 Å². The van der Waals surface area contributed by atoms with Crippen LogP contribution in [0.1, 0.15) is 19.8 Å². The van der Waals surface area contributed by atoms with Crippen LogP contribution in [-0.4, -0.2) is 56.7 Å². The van der Waals surface area contributed by atoms with Crippen molar-refractivity contribution in [2.75, 3.05) is 31.2 Å². The van der Waals surface area contributed by atoms with E-state index in [4.69, 9.17) is 27.1 Å². The topological polar surface area (TPSA) is 107 Å². The van der Waals surface area contributed by atoms with Crippen LogP contribution in [0.3, 0.4) is 0 Å². The van der Waals surface area contributed by atoms with Crippen molar-refractivity contribution in [1.82, 2.24) is 24.3 Å². The van der Waals surface area contributed by atoms with Gasteiger partial charge in [-0.2, -0.15) is 10.1 Å². The molecule has 1 atom stereocenters. The maximum absolute atomic E-state index is 13.5. The monoisotopic (exact) mass is 517 g/mol. The Labute approximate surface area is 213 Å². The molecule has 1 aromatic carbocycles. The number of H-pyrrole nitrogens is 1. The first-order valence-corrected chi connectivity index (χ1v) is 12.1. The van der Waals surface area contributed by atoms with E-state index in [9.17, 15) is 4.79 Å². The second-order valence-corrected chi connectivity index (χ2v) is 9.90. The fraction of sp³-hybridized carbons (Fsp3) is 0.458. The van der Waals surface area contributed by atoms with Crippen molar-refractivity contribution in [2.45, 2.75) is 32.4 Å². The minimum atomic E-state index is -0.104. The molecule has 2 saturated heterocycles. The number of aromatic amines is 1. The highest BCUT2D eigenvalue weighted by molar-refractivity contribution is 6.38. The Morgan fingerprint density at radius 2 is 2.06 bits per heavy atom. The van der Waals surface area contributed by atoms with Crippen molar-refractivity contribution in [2.24, 2.45) is 18.2 Å². The fourth-order valence-corrected chi connectivity index (χ4v) is 5.77. The minimum absolute atomic E-state index is 0. The fourth-order valence-electron chi connectivity index (χ4n) is 5.46. The number of nitrogens with zero attached hydrogens (tertiary/aromatic N) is 5. The molecular formula is C24H29Cl2N7O2. The van der Waals surface area contributed by atoms with Gasteiger partial charge >= 0.3 is 0 Å². The van der Waals surface area contributed by atoms with E-state index >= 15 is 0 Å². The van der Waals surface area contributed by atoms with Crippen molar-refractivity contribution < 1.29 is 4.74 Å². The predicted molar refractivity (Wildman–Crippen MR) is 141 cm³/mol. The van der Waals surface area contributed by atoms with E-state index < -0.39 is 0 Å². The highest BCUT2D eigenvalue weighted by atomic mass is 35.5. The van der Waals surface area contributed by atoms with Crippen LogP contribution in [0.4, 0.5) is 5.95 Å². The SMILES string of the molecule is CCn1cc2ccc(-c3c[nH]c4nc(N5CCC6(CC5)COC[C@H]6N)n(C)c(=O)c34)c(Cl)c2n1.Cl. The third kappa shape index (κ3) is 3.64. The summed E-state index contributed by atoms with van der Waals surface area (Å²) in [6.07, 6.45) is 5.64. The molecule has 4 aromatic rings. The van der Waals surface area contributed by atoms with Gasteiger partial charge < -0.3 is 20.4 Å². The van der Waals surface area contributed by atoms with Gasteiger partial charge in [-0.05, 0) is 19.8 Å². The van der Waals surface area contributed by atoms with Gasteiger partial charge in [0.05, 0.1) is 23.6 Å². The molecule has 2 aliphatic heterocycles. The number of aromatic nitrogens is 5. The van der Waals surface area contributed by atoms with Crippen LogP contribution < -0.4 is 16.2 Å². The zero-order valence-electron chi connectivity index (χ0n) is 19.8. The Hall–Kier alpha value is -2.59. The van der Waals surface area contributed by atoms with E-state index in [1.54, 1.807) is 11.6 Å². The van der Waals surface area contributed by atoms with E-state index in [2.05, 4.69) is 15.0 Å². The Morgan fingerprint density at radius 1 is 1.29 bits per heavy atom. The number of rotatable bonds is 3. The zero-order chi connectivity index (χ0) is 23.6. The van der Waals surface area contributed by atoms with E-state index in [-0.39, 0.29) is 29.4 Å². The summed E-state index contributed by atoms with van der Waals surface area (Å²) in [5.74, 6) is 0.663. The van der Waals surface area contributed by atoms with Crippen LogP contribution in [0.15, 0.2) is 29.3 Å². The molecule has 0 bridgehead atoms. The Kier molecular flexibility index (Phi) is 6.07. The number of piperidine rings is 1. The molecule has 3 aromatic heterocycles. The average Bonchev–Trinajstić information content (AvgIpc) is 3.55. The standard InChI is InChI=1S/C24H28ClN7O2.ClH/c1-3-32-11-14-4-5-15(19(25)20(14)29-32)16-10-27-21-18(16)22(33)30(2)23(28-21)31-8-6-24(7-9-31)13-34-12-17(24)26;/h4-5,10-11,17,27H,3,6-9,12-13,26H2,1-2H3;1H/t17-;/m1./s1. The number of hydrogen-bond acceptors (Lipinski definition) is 6. The summed E-state index contributed by atoms with van der Waals surface area (Å²) in [4.78, 5) is 23.8. The van der Waals surface area contributed by atoms with Crippen LogP contribution >= 0.6 is 24.0 Å². The lowest BCUT2D eigenvalue weighted by Crippen LogP contribution is -2.50. The normalized spacial score (nSPS) is 19.7. The zero-order valence-corrected chi connectivity index (χ0v) is 21.3. The van der Waals surface area contributed by atoms with Crippen molar-refractivity contribution in [3.63, 3.8) is 0 Å². The average molecular weight is 518 g/mol. The molecule has 5 heterocycles. The van der Waals surface area contributed by atoms with E-state index in [0.29, 0.717) is 28.6 Å². The Balaban J connectivity index is 0.00000253. The van der Waals surface area contributed by atoms with E-state index in [1.807, 2.05) is 36.1 Å². The number of anilines is 1. The first-order chi connectivity index (χ1) is 16.4. The van der Waals surface area contributed by atoms with Gasteiger partial charge in [0, 0.05) is 67.0 Å². The molecular weight excluding hydrogens is 489 g/mol. The van der Waals surface area contributed by atoms with Gasteiger partial charge in [-0.15, -0.1) is 12.4 Å². The summed E-state index contributed by atoms with van der Waals surface area (Å²) in [6, 6.07) is 4.01. The number of nitrogens with two attached hydrogens (primary N) is 1. The minimum Gasteiger partial charge on any atom is -0.379 e. The highest BCUT2D eigenvalue weighted by Gasteiger charge is 2.44. The summed E-state index contributed by atoms with van der Waals surface area (Å²) in [7, 11) is 1.78. The molecule has 11 heteroatoms. The first-order valence-electron chi connectivity index (χ1n) is 11.7. The lowest BCUT2D eigenvalue weighted by Gasteiger charge is -2.41. The quantitative estimate of drug-likeness (QED) is 0.431. The maximum atomic E-state index is 13.5. The van der Waals surface area contributed by atoms with Crippen molar-refractivity contribution in [1.29, 1.82) is 0 Å². The Morgan fingerprint density at radius 3 is 2.74 bits per heavy atom.